The number of carbonyl (C=O) groups is 2. The van der Waals surface area contributed by atoms with Crippen LogP contribution >= 0.6 is 15.9 Å². The summed E-state index contributed by atoms with van der Waals surface area (Å²) in [5.41, 5.74) is -2.25. The van der Waals surface area contributed by atoms with Crippen LogP contribution in [0.4, 0.5) is 0 Å². The maximum absolute atomic E-state index is 12.3. The molecule has 2 aliphatic heterocycles. The second-order valence-corrected chi connectivity index (χ2v) is 7.08. The Hall–Kier alpha value is -0.880. The summed E-state index contributed by atoms with van der Waals surface area (Å²) in [6.07, 6.45) is 6.42. The van der Waals surface area contributed by atoms with E-state index in [9.17, 15) is 14.7 Å². The van der Waals surface area contributed by atoms with Crippen molar-refractivity contribution in [2.75, 3.05) is 5.33 Å². The minimum atomic E-state index is -1.29. The zero-order valence-corrected chi connectivity index (χ0v) is 13.6. The number of ether oxygens (including phenoxy) is 1. The zero-order chi connectivity index (χ0) is 15.3. The van der Waals surface area contributed by atoms with Crippen LogP contribution in [0.1, 0.15) is 32.6 Å². The minimum Gasteiger partial charge on any atom is -0.453 e. The first kappa shape index (κ1) is 15.0. The van der Waals surface area contributed by atoms with Gasteiger partial charge in [-0.25, -0.2) is 4.79 Å². The number of alkyl halides is 1. The van der Waals surface area contributed by atoms with Crippen LogP contribution in [0, 0.1) is 11.8 Å². The highest BCUT2D eigenvalue weighted by atomic mass is 79.9. The Morgan fingerprint density at radius 2 is 2.33 bits per heavy atom. The molecule has 21 heavy (non-hydrogen) atoms. The molecule has 5 nitrogen and oxygen atoms in total. The van der Waals surface area contributed by atoms with Crippen molar-refractivity contribution in [3.63, 3.8) is 0 Å². The van der Waals surface area contributed by atoms with Crippen molar-refractivity contribution < 1.29 is 19.4 Å². The summed E-state index contributed by atoms with van der Waals surface area (Å²) in [5.74, 6) is -1.26. The van der Waals surface area contributed by atoms with E-state index in [0.717, 1.165) is 19.3 Å². The van der Waals surface area contributed by atoms with E-state index in [1.54, 1.807) is 6.92 Å². The normalized spacial score (nSPS) is 42.8. The number of fused-ring (bicyclic) bond motifs is 1. The number of hydrogen-bond donors (Lipinski definition) is 2. The lowest BCUT2D eigenvalue weighted by Crippen LogP contribution is -2.80. The molecule has 1 amide bonds. The van der Waals surface area contributed by atoms with Crippen LogP contribution in [0.3, 0.4) is 0 Å². The van der Waals surface area contributed by atoms with Crippen LogP contribution in [-0.2, 0) is 14.3 Å². The van der Waals surface area contributed by atoms with E-state index in [1.807, 2.05) is 12.2 Å². The van der Waals surface area contributed by atoms with Crippen molar-refractivity contribution in [1.82, 2.24) is 5.32 Å². The Morgan fingerprint density at radius 1 is 1.57 bits per heavy atom. The van der Waals surface area contributed by atoms with Gasteiger partial charge in [0.15, 0.2) is 5.60 Å². The third-order valence-electron chi connectivity index (χ3n) is 5.25. The summed E-state index contributed by atoms with van der Waals surface area (Å²) < 4.78 is 5.37. The third-order valence-corrected chi connectivity index (χ3v) is 5.71. The second kappa shape index (κ2) is 5.09. The fourth-order valence-electron chi connectivity index (χ4n) is 3.99. The highest BCUT2D eigenvalue weighted by Gasteiger charge is 2.79. The molecular formula is C15H20BrNO4. The van der Waals surface area contributed by atoms with Gasteiger partial charge in [0.05, 0.1) is 12.0 Å². The van der Waals surface area contributed by atoms with Gasteiger partial charge in [-0.05, 0) is 32.6 Å². The van der Waals surface area contributed by atoms with Crippen molar-refractivity contribution in [3.05, 3.63) is 12.2 Å². The van der Waals surface area contributed by atoms with E-state index in [1.165, 1.54) is 0 Å². The predicted octanol–water partition coefficient (Wildman–Crippen LogP) is 1.29. The standard InChI is InChI=1S/C15H20BrNO4/c1-14-10(7-8-16)12(19)17-15(14,13(20)21-14)11(18)9-5-3-2-4-6-9/h3,5,9-11,18H,2,4,6-8H2,1H3,(H,17,19)/t9-,10?,11?,14+,15+/m1/s1. The molecule has 6 heteroatoms. The lowest BCUT2D eigenvalue weighted by Gasteiger charge is -2.54. The van der Waals surface area contributed by atoms with Crippen LogP contribution in [0.2, 0.25) is 0 Å². The Morgan fingerprint density at radius 3 is 2.90 bits per heavy atom. The van der Waals surface area contributed by atoms with E-state index in [2.05, 4.69) is 21.2 Å². The zero-order valence-electron chi connectivity index (χ0n) is 12.0. The minimum absolute atomic E-state index is 0.117. The van der Waals surface area contributed by atoms with Gasteiger partial charge in [0.1, 0.15) is 0 Å². The van der Waals surface area contributed by atoms with E-state index in [0.29, 0.717) is 11.8 Å². The molecule has 2 heterocycles. The van der Waals surface area contributed by atoms with Gasteiger partial charge < -0.3 is 15.2 Å². The topological polar surface area (TPSA) is 75.6 Å². The number of carbonyl (C=O) groups excluding carboxylic acids is 2. The van der Waals surface area contributed by atoms with Crippen molar-refractivity contribution in [2.45, 2.75) is 49.9 Å². The Labute approximate surface area is 132 Å². The van der Waals surface area contributed by atoms with E-state index in [4.69, 9.17) is 4.74 Å². The quantitative estimate of drug-likeness (QED) is 0.451. The number of amides is 1. The number of hydrogen-bond acceptors (Lipinski definition) is 4. The van der Waals surface area contributed by atoms with Gasteiger partial charge in [0, 0.05) is 11.2 Å². The Kier molecular flexibility index (Phi) is 3.64. The average Bonchev–Trinajstić information content (AvgIpc) is 2.65. The van der Waals surface area contributed by atoms with Gasteiger partial charge in [0.25, 0.3) is 0 Å². The Bertz CT molecular complexity index is 508. The van der Waals surface area contributed by atoms with Gasteiger partial charge in [-0.3, -0.25) is 4.79 Å². The highest BCUT2D eigenvalue weighted by Crippen LogP contribution is 2.53. The molecule has 0 saturated carbocycles. The van der Waals surface area contributed by atoms with Crippen LogP contribution < -0.4 is 5.32 Å². The molecule has 0 radical (unpaired) electrons. The first-order valence-electron chi connectivity index (χ1n) is 7.43. The van der Waals surface area contributed by atoms with Crippen LogP contribution in [0.15, 0.2) is 12.2 Å². The number of aliphatic hydroxyl groups excluding tert-OH is 1. The summed E-state index contributed by atoms with van der Waals surface area (Å²) in [6.45, 7) is 1.76. The van der Waals surface area contributed by atoms with Crippen LogP contribution in [0.25, 0.3) is 0 Å². The molecule has 0 aromatic carbocycles. The van der Waals surface area contributed by atoms with Crippen LogP contribution in [0.5, 0.6) is 0 Å². The summed E-state index contributed by atoms with van der Waals surface area (Å²) >= 11 is 3.33. The molecule has 0 aromatic heterocycles. The average molecular weight is 358 g/mol. The summed E-state index contributed by atoms with van der Waals surface area (Å²) in [7, 11) is 0. The molecule has 0 aromatic rings. The molecule has 0 spiro atoms. The lowest BCUT2D eigenvalue weighted by molar-refractivity contribution is -0.238. The molecule has 2 saturated heterocycles. The smallest absolute Gasteiger partial charge is 0.339 e. The van der Waals surface area contributed by atoms with Gasteiger partial charge in [-0.1, -0.05) is 28.1 Å². The monoisotopic (exact) mass is 357 g/mol. The van der Waals surface area contributed by atoms with E-state index < -0.39 is 29.1 Å². The van der Waals surface area contributed by atoms with Crippen molar-refractivity contribution in [1.29, 1.82) is 0 Å². The summed E-state index contributed by atoms with van der Waals surface area (Å²) in [5, 5.41) is 14.2. The maximum Gasteiger partial charge on any atom is 0.339 e. The molecule has 0 bridgehead atoms. The van der Waals surface area contributed by atoms with Gasteiger partial charge in [0.2, 0.25) is 11.4 Å². The first-order chi connectivity index (χ1) is 9.97. The molecular weight excluding hydrogens is 338 g/mol. The fraction of sp³-hybridized carbons (Fsp3) is 0.733. The highest BCUT2D eigenvalue weighted by molar-refractivity contribution is 9.09. The molecule has 116 valence electrons. The second-order valence-electron chi connectivity index (χ2n) is 6.29. The Balaban J connectivity index is 1.94. The SMILES string of the molecule is C[C@@]12OC(=O)[C@]1(C(O)[C@@H]1C=CCCC1)NC(=O)C2CCBr. The molecule has 2 N–H and O–H groups in total. The van der Waals surface area contributed by atoms with Crippen molar-refractivity contribution in [2.24, 2.45) is 11.8 Å². The molecule has 1 aliphatic carbocycles. The predicted molar refractivity (Wildman–Crippen MR) is 79.8 cm³/mol. The number of rotatable bonds is 4. The fourth-order valence-corrected chi connectivity index (χ4v) is 4.45. The van der Waals surface area contributed by atoms with Gasteiger partial charge in [-0.2, -0.15) is 0 Å². The molecule has 2 fully saturated rings. The number of aliphatic hydroxyl groups is 1. The number of halogens is 1. The van der Waals surface area contributed by atoms with Crippen molar-refractivity contribution in [3.8, 4) is 0 Å². The molecule has 3 rings (SSSR count). The molecule has 3 aliphatic rings. The molecule has 2 unspecified atom stereocenters. The molecule has 5 atom stereocenters. The van der Waals surface area contributed by atoms with Gasteiger partial charge >= 0.3 is 5.97 Å². The van der Waals surface area contributed by atoms with Crippen molar-refractivity contribution >= 4 is 27.8 Å². The summed E-state index contributed by atoms with van der Waals surface area (Å²) in [6, 6.07) is 0. The van der Waals surface area contributed by atoms with Gasteiger partial charge in [-0.15, -0.1) is 0 Å². The van der Waals surface area contributed by atoms with E-state index >= 15 is 0 Å². The number of allylic oxidation sites excluding steroid dienone is 1. The summed E-state index contributed by atoms with van der Waals surface area (Å²) in [4.78, 5) is 24.5. The number of nitrogens with one attached hydrogen (secondary N) is 1. The first-order valence-corrected chi connectivity index (χ1v) is 8.55. The van der Waals surface area contributed by atoms with Crippen LogP contribution in [-0.4, -0.2) is 39.6 Å². The van der Waals surface area contributed by atoms with E-state index in [-0.39, 0.29) is 11.8 Å². The largest absolute Gasteiger partial charge is 0.453 e. The number of esters is 1. The third kappa shape index (κ3) is 1.84. The maximum atomic E-state index is 12.3. The lowest BCUT2D eigenvalue weighted by atomic mass is 9.64.